The van der Waals surface area contributed by atoms with Crippen molar-refractivity contribution in [2.75, 3.05) is 13.2 Å². The summed E-state index contributed by atoms with van der Waals surface area (Å²) in [5.41, 5.74) is 5.57. The summed E-state index contributed by atoms with van der Waals surface area (Å²) in [5.74, 6) is -0.779. The van der Waals surface area contributed by atoms with Crippen LogP contribution in [-0.2, 0) is 9.53 Å². The lowest BCUT2D eigenvalue weighted by Gasteiger charge is -2.08. The maximum atomic E-state index is 10.1. The van der Waals surface area contributed by atoms with Gasteiger partial charge in [-0.15, -0.1) is 0 Å². The second kappa shape index (κ2) is 7.06. The molecule has 0 aliphatic rings. The molecule has 0 bridgehead atoms. The van der Waals surface area contributed by atoms with Crippen LogP contribution in [0, 0.1) is 0 Å². The molecule has 0 spiro atoms. The van der Waals surface area contributed by atoms with Gasteiger partial charge in [0.05, 0.1) is 6.61 Å². The van der Waals surface area contributed by atoms with Crippen LogP contribution in [0.5, 0.6) is 0 Å². The lowest BCUT2D eigenvalue weighted by Crippen LogP contribution is -2.25. The highest BCUT2D eigenvalue weighted by atomic mass is 16.5. The summed E-state index contributed by atoms with van der Waals surface area (Å²) in [6.07, 6.45) is 1.62. The Morgan fingerprint density at radius 1 is 1.67 bits per heavy atom. The number of carbonyl (C=O) groups is 1. The van der Waals surface area contributed by atoms with Crippen LogP contribution in [-0.4, -0.2) is 30.3 Å². The number of aliphatic carboxylic acids is 1. The fraction of sp³-hybridized carbons (Fsp3) is 0.875. The standard InChI is InChI=1S/C8H17NO3/c1-2-7(9)6-12-5-3-4-8(10)11/h7H,2-6,9H2,1H3,(H,10,11). The van der Waals surface area contributed by atoms with Crippen molar-refractivity contribution < 1.29 is 14.6 Å². The van der Waals surface area contributed by atoms with E-state index in [4.69, 9.17) is 15.6 Å². The van der Waals surface area contributed by atoms with Gasteiger partial charge in [0.2, 0.25) is 0 Å². The molecule has 0 radical (unpaired) electrons. The Hall–Kier alpha value is -0.610. The number of carboxylic acids is 1. The van der Waals surface area contributed by atoms with E-state index in [-0.39, 0.29) is 12.5 Å². The molecule has 0 aromatic heterocycles. The molecule has 1 atom stereocenters. The summed E-state index contributed by atoms with van der Waals surface area (Å²) in [6, 6.07) is 0.0785. The van der Waals surface area contributed by atoms with Crippen molar-refractivity contribution in [1.29, 1.82) is 0 Å². The number of ether oxygens (including phenoxy) is 1. The predicted molar refractivity (Wildman–Crippen MR) is 46.0 cm³/mol. The molecule has 0 aliphatic heterocycles. The fourth-order valence-corrected chi connectivity index (χ4v) is 0.678. The molecule has 0 aliphatic carbocycles. The number of hydrogen-bond acceptors (Lipinski definition) is 3. The Bertz CT molecular complexity index is 127. The van der Waals surface area contributed by atoms with Crippen molar-refractivity contribution in [3.63, 3.8) is 0 Å². The number of hydrogen-bond donors (Lipinski definition) is 2. The summed E-state index contributed by atoms with van der Waals surface area (Å²) < 4.78 is 5.15. The molecule has 72 valence electrons. The minimum atomic E-state index is -0.779. The van der Waals surface area contributed by atoms with Gasteiger partial charge in [0.15, 0.2) is 0 Å². The second-order valence-corrected chi connectivity index (χ2v) is 2.74. The van der Waals surface area contributed by atoms with E-state index >= 15 is 0 Å². The Labute approximate surface area is 72.7 Å². The lowest BCUT2D eigenvalue weighted by molar-refractivity contribution is -0.137. The van der Waals surface area contributed by atoms with E-state index < -0.39 is 5.97 Å². The van der Waals surface area contributed by atoms with Gasteiger partial charge in [-0.25, -0.2) is 0 Å². The molecule has 4 heteroatoms. The molecule has 4 nitrogen and oxygen atoms in total. The predicted octanol–water partition coefficient (Wildman–Crippen LogP) is 0.605. The van der Waals surface area contributed by atoms with Crippen LogP contribution in [0.3, 0.4) is 0 Å². The third kappa shape index (κ3) is 7.50. The normalized spacial score (nSPS) is 12.8. The van der Waals surface area contributed by atoms with Gasteiger partial charge in [0.1, 0.15) is 0 Å². The van der Waals surface area contributed by atoms with Crippen LogP contribution in [0.1, 0.15) is 26.2 Å². The second-order valence-electron chi connectivity index (χ2n) is 2.74. The molecule has 0 rings (SSSR count). The van der Waals surface area contributed by atoms with E-state index in [1.807, 2.05) is 6.92 Å². The third-order valence-electron chi connectivity index (χ3n) is 1.54. The molecular formula is C8H17NO3. The van der Waals surface area contributed by atoms with E-state index in [1.54, 1.807) is 0 Å². The molecule has 3 N–H and O–H groups in total. The lowest BCUT2D eigenvalue weighted by atomic mass is 10.2. The van der Waals surface area contributed by atoms with Gasteiger partial charge in [0.25, 0.3) is 0 Å². The molecule has 0 fully saturated rings. The molecular weight excluding hydrogens is 158 g/mol. The van der Waals surface area contributed by atoms with E-state index in [2.05, 4.69) is 0 Å². The molecule has 0 aromatic rings. The van der Waals surface area contributed by atoms with Gasteiger partial charge < -0.3 is 15.6 Å². The first-order valence-electron chi connectivity index (χ1n) is 4.22. The summed E-state index contributed by atoms with van der Waals surface area (Å²) in [5, 5.41) is 8.29. The summed E-state index contributed by atoms with van der Waals surface area (Å²) >= 11 is 0. The van der Waals surface area contributed by atoms with Crippen molar-refractivity contribution in [2.45, 2.75) is 32.2 Å². The van der Waals surface area contributed by atoms with Crippen LogP contribution in [0.25, 0.3) is 0 Å². The summed E-state index contributed by atoms with van der Waals surface area (Å²) in [6.45, 7) is 3.00. The van der Waals surface area contributed by atoms with Gasteiger partial charge in [-0.1, -0.05) is 6.92 Å². The third-order valence-corrected chi connectivity index (χ3v) is 1.54. The first kappa shape index (κ1) is 11.4. The molecule has 0 heterocycles. The zero-order valence-corrected chi connectivity index (χ0v) is 7.45. The van der Waals surface area contributed by atoms with E-state index in [0.717, 1.165) is 6.42 Å². The zero-order chi connectivity index (χ0) is 9.40. The quantitative estimate of drug-likeness (QED) is 0.556. The van der Waals surface area contributed by atoms with E-state index in [0.29, 0.717) is 19.6 Å². The van der Waals surface area contributed by atoms with E-state index in [9.17, 15) is 4.79 Å². The molecule has 12 heavy (non-hydrogen) atoms. The Morgan fingerprint density at radius 2 is 2.33 bits per heavy atom. The summed E-state index contributed by atoms with van der Waals surface area (Å²) in [7, 11) is 0. The average Bonchev–Trinajstić information content (AvgIpc) is 2.03. The fourth-order valence-electron chi connectivity index (χ4n) is 0.678. The van der Waals surface area contributed by atoms with Crippen molar-refractivity contribution >= 4 is 5.97 Å². The highest BCUT2D eigenvalue weighted by molar-refractivity contribution is 5.66. The van der Waals surface area contributed by atoms with Crippen LogP contribution < -0.4 is 5.73 Å². The molecule has 0 aromatic carbocycles. The Kier molecular flexibility index (Phi) is 6.70. The van der Waals surface area contributed by atoms with Crippen LogP contribution in [0.2, 0.25) is 0 Å². The van der Waals surface area contributed by atoms with Gasteiger partial charge >= 0.3 is 5.97 Å². The van der Waals surface area contributed by atoms with Gasteiger partial charge in [-0.05, 0) is 12.8 Å². The van der Waals surface area contributed by atoms with Crippen LogP contribution in [0.4, 0.5) is 0 Å². The maximum Gasteiger partial charge on any atom is 0.303 e. The molecule has 1 unspecified atom stereocenters. The topological polar surface area (TPSA) is 72.5 Å². The molecule has 0 amide bonds. The minimum absolute atomic E-state index is 0.0785. The number of rotatable bonds is 7. The largest absolute Gasteiger partial charge is 0.481 e. The SMILES string of the molecule is CCC(N)COCCCC(=O)O. The molecule has 0 saturated carbocycles. The Morgan fingerprint density at radius 3 is 2.83 bits per heavy atom. The zero-order valence-electron chi connectivity index (χ0n) is 7.45. The molecule has 0 saturated heterocycles. The van der Waals surface area contributed by atoms with Crippen molar-refractivity contribution in [3.05, 3.63) is 0 Å². The van der Waals surface area contributed by atoms with Gasteiger partial charge in [0, 0.05) is 19.1 Å². The van der Waals surface area contributed by atoms with Gasteiger partial charge in [-0.3, -0.25) is 4.79 Å². The first-order chi connectivity index (χ1) is 5.66. The van der Waals surface area contributed by atoms with Crippen LogP contribution in [0.15, 0.2) is 0 Å². The number of carboxylic acid groups (broad SMARTS) is 1. The highest BCUT2D eigenvalue weighted by Crippen LogP contribution is 1.92. The highest BCUT2D eigenvalue weighted by Gasteiger charge is 1.99. The van der Waals surface area contributed by atoms with Crippen molar-refractivity contribution in [3.8, 4) is 0 Å². The van der Waals surface area contributed by atoms with Crippen molar-refractivity contribution in [2.24, 2.45) is 5.73 Å². The maximum absolute atomic E-state index is 10.1. The Balaban J connectivity index is 3.05. The smallest absolute Gasteiger partial charge is 0.303 e. The average molecular weight is 175 g/mol. The number of nitrogens with two attached hydrogens (primary N) is 1. The minimum Gasteiger partial charge on any atom is -0.481 e. The van der Waals surface area contributed by atoms with Crippen LogP contribution >= 0.6 is 0 Å². The monoisotopic (exact) mass is 175 g/mol. The van der Waals surface area contributed by atoms with E-state index in [1.165, 1.54) is 0 Å². The first-order valence-corrected chi connectivity index (χ1v) is 4.22. The van der Waals surface area contributed by atoms with Crippen molar-refractivity contribution in [1.82, 2.24) is 0 Å². The summed E-state index contributed by atoms with van der Waals surface area (Å²) in [4.78, 5) is 10.1. The van der Waals surface area contributed by atoms with Gasteiger partial charge in [-0.2, -0.15) is 0 Å².